The van der Waals surface area contributed by atoms with E-state index < -0.39 is 0 Å². The Morgan fingerprint density at radius 2 is 1.83 bits per heavy atom. The van der Waals surface area contributed by atoms with Crippen LogP contribution in [0.1, 0.15) is 31.9 Å². The Balaban J connectivity index is 2.33. The number of benzene rings is 1. The molecule has 2 heteroatoms. The predicted molar refractivity (Wildman–Crippen MR) is 78.3 cm³/mol. The van der Waals surface area contributed by atoms with Crippen molar-refractivity contribution in [3.05, 3.63) is 29.3 Å². The highest BCUT2D eigenvalue weighted by Crippen LogP contribution is 2.20. The van der Waals surface area contributed by atoms with Crippen molar-refractivity contribution in [3.63, 3.8) is 0 Å². The number of hydrogen-bond acceptors (Lipinski definition) is 2. The molecule has 1 rings (SSSR count). The first-order valence-electron chi connectivity index (χ1n) is 6.90. The molecule has 0 aromatic heterocycles. The van der Waals surface area contributed by atoms with Gasteiger partial charge in [-0.1, -0.05) is 32.9 Å². The molecule has 0 saturated carbocycles. The predicted octanol–water partition coefficient (Wildman–Crippen LogP) is 3.56. The molecule has 1 unspecified atom stereocenters. The van der Waals surface area contributed by atoms with E-state index in [2.05, 4.69) is 58.1 Å². The molecule has 1 aromatic carbocycles. The molecule has 0 saturated heterocycles. The number of ether oxygens (including phenoxy) is 1. The third kappa shape index (κ3) is 5.09. The molecular formula is C16H27NO. The maximum absolute atomic E-state index is 5.90. The van der Waals surface area contributed by atoms with Gasteiger partial charge in [0.05, 0.1) is 6.61 Å². The van der Waals surface area contributed by atoms with Crippen molar-refractivity contribution >= 4 is 0 Å². The van der Waals surface area contributed by atoms with E-state index in [1.165, 1.54) is 11.1 Å². The first-order valence-corrected chi connectivity index (χ1v) is 6.90. The first-order chi connectivity index (χ1) is 8.50. The molecule has 2 nitrogen and oxygen atoms in total. The monoisotopic (exact) mass is 249 g/mol. The molecule has 1 aromatic rings. The average molecular weight is 249 g/mol. The van der Waals surface area contributed by atoms with Crippen LogP contribution in [-0.2, 0) is 0 Å². The summed E-state index contributed by atoms with van der Waals surface area (Å²) in [7, 11) is 0. The van der Waals surface area contributed by atoms with Gasteiger partial charge in [-0.05, 0) is 43.5 Å². The van der Waals surface area contributed by atoms with Gasteiger partial charge in [-0.3, -0.25) is 0 Å². The van der Waals surface area contributed by atoms with Gasteiger partial charge in [-0.2, -0.15) is 0 Å². The summed E-state index contributed by atoms with van der Waals surface area (Å²) < 4.78 is 5.90. The number of hydrogen-bond donors (Lipinski definition) is 1. The van der Waals surface area contributed by atoms with E-state index in [0.717, 1.165) is 25.4 Å². The lowest BCUT2D eigenvalue weighted by Gasteiger charge is -2.16. The second kappa shape index (κ2) is 7.42. The van der Waals surface area contributed by atoms with Gasteiger partial charge in [0.1, 0.15) is 5.75 Å². The molecule has 0 aliphatic carbocycles. The fraction of sp³-hybridized carbons (Fsp3) is 0.625. The molecule has 1 N–H and O–H groups in total. The summed E-state index contributed by atoms with van der Waals surface area (Å²) in [6.07, 6.45) is 0. The highest BCUT2D eigenvalue weighted by Gasteiger charge is 2.06. The summed E-state index contributed by atoms with van der Waals surface area (Å²) >= 11 is 0. The number of nitrogens with one attached hydrogen (secondary N) is 1. The van der Waals surface area contributed by atoms with Crippen LogP contribution in [-0.4, -0.2) is 19.7 Å². The van der Waals surface area contributed by atoms with Crippen molar-refractivity contribution in [1.82, 2.24) is 5.32 Å². The Bertz CT molecular complexity index is 360. The Kier molecular flexibility index (Phi) is 6.20. The van der Waals surface area contributed by atoms with Gasteiger partial charge in [-0.25, -0.2) is 0 Å². The SMILES string of the molecule is Cc1cccc(OCC(C)CNCC(C)C)c1C. The van der Waals surface area contributed by atoms with E-state index in [9.17, 15) is 0 Å². The van der Waals surface area contributed by atoms with E-state index in [0.29, 0.717) is 11.8 Å². The Hall–Kier alpha value is -1.02. The van der Waals surface area contributed by atoms with Crippen molar-refractivity contribution in [1.29, 1.82) is 0 Å². The largest absolute Gasteiger partial charge is 0.493 e. The second-order valence-electron chi connectivity index (χ2n) is 5.67. The average Bonchev–Trinajstić information content (AvgIpc) is 2.30. The lowest BCUT2D eigenvalue weighted by molar-refractivity contribution is 0.253. The topological polar surface area (TPSA) is 21.3 Å². The quantitative estimate of drug-likeness (QED) is 0.797. The summed E-state index contributed by atoms with van der Waals surface area (Å²) in [5.41, 5.74) is 2.54. The Labute approximate surface area is 112 Å². The molecule has 0 aliphatic heterocycles. The molecule has 0 radical (unpaired) electrons. The molecule has 0 bridgehead atoms. The van der Waals surface area contributed by atoms with Crippen LogP contribution >= 0.6 is 0 Å². The highest BCUT2D eigenvalue weighted by molar-refractivity contribution is 5.38. The van der Waals surface area contributed by atoms with Crippen LogP contribution in [0.15, 0.2) is 18.2 Å². The van der Waals surface area contributed by atoms with Gasteiger partial charge >= 0.3 is 0 Å². The van der Waals surface area contributed by atoms with Crippen molar-refractivity contribution in [2.24, 2.45) is 11.8 Å². The molecule has 0 fully saturated rings. The van der Waals surface area contributed by atoms with Crippen molar-refractivity contribution in [2.45, 2.75) is 34.6 Å². The standard InChI is InChI=1S/C16H27NO/c1-12(2)9-17-10-13(3)11-18-16-8-6-7-14(4)15(16)5/h6-8,12-13,17H,9-11H2,1-5H3. The molecule has 0 amide bonds. The van der Waals surface area contributed by atoms with Crippen molar-refractivity contribution in [2.75, 3.05) is 19.7 Å². The van der Waals surface area contributed by atoms with E-state index in [1.807, 2.05) is 0 Å². The van der Waals surface area contributed by atoms with Gasteiger partial charge < -0.3 is 10.1 Å². The molecule has 0 heterocycles. The minimum atomic E-state index is 0.531. The van der Waals surface area contributed by atoms with Gasteiger partial charge in [0.15, 0.2) is 0 Å². The molecule has 0 spiro atoms. The zero-order valence-corrected chi connectivity index (χ0v) is 12.4. The third-order valence-corrected chi connectivity index (χ3v) is 3.12. The zero-order chi connectivity index (χ0) is 13.5. The lowest BCUT2D eigenvalue weighted by atomic mass is 10.1. The van der Waals surface area contributed by atoms with Crippen LogP contribution in [0.25, 0.3) is 0 Å². The van der Waals surface area contributed by atoms with Crippen molar-refractivity contribution in [3.8, 4) is 5.75 Å². The Morgan fingerprint density at radius 3 is 2.50 bits per heavy atom. The summed E-state index contributed by atoms with van der Waals surface area (Å²) in [5, 5.41) is 3.47. The first kappa shape index (κ1) is 15.0. The van der Waals surface area contributed by atoms with Gasteiger partial charge in [0.25, 0.3) is 0 Å². The maximum Gasteiger partial charge on any atom is 0.122 e. The molecule has 1 atom stereocenters. The zero-order valence-electron chi connectivity index (χ0n) is 12.4. The summed E-state index contributed by atoms with van der Waals surface area (Å²) in [6.45, 7) is 13.8. The third-order valence-electron chi connectivity index (χ3n) is 3.12. The van der Waals surface area contributed by atoms with E-state index in [4.69, 9.17) is 4.74 Å². The highest BCUT2D eigenvalue weighted by atomic mass is 16.5. The minimum absolute atomic E-state index is 0.531. The molecule has 0 aliphatic rings. The molecule has 18 heavy (non-hydrogen) atoms. The minimum Gasteiger partial charge on any atom is -0.493 e. The summed E-state index contributed by atoms with van der Waals surface area (Å²) in [5.74, 6) is 2.26. The van der Waals surface area contributed by atoms with Crippen LogP contribution in [0.4, 0.5) is 0 Å². The van der Waals surface area contributed by atoms with Crippen LogP contribution < -0.4 is 10.1 Å². The van der Waals surface area contributed by atoms with Crippen LogP contribution in [0, 0.1) is 25.7 Å². The summed E-state index contributed by atoms with van der Waals surface area (Å²) in [4.78, 5) is 0. The van der Waals surface area contributed by atoms with Crippen LogP contribution in [0.5, 0.6) is 5.75 Å². The van der Waals surface area contributed by atoms with Crippen LogP contribution in [0.2, 0.25) is 0 Å². The van der Waals surface area contributed by atoms with Gasteiger partial charge in [-0.15, -0.1) is 0 Å². The van der Waals surface area contributed by atoms with Gasteiger partial charge in [0.2, 0.25) is 0 Å². The fourth-order valence-corrected chi connectivity index (χ4v) is 1.79. The van der Waals surface area contributed by atoms with Crippen molar-refractivity contribution < 1.29 is 4.74 Å². The smallest absolute Gasteiger partial charge is 0.122 e. The Morgan fingerprint density at radius 1 is 1.11 bits per heavy atom. The van der Waals surface area contributed by atoms with E-state index in [-0.39, 0.29) is 0 Å². The second-order valence-corrected chi connectivity index (χ2v) is 5.67. The van der Waals surface area contributed by atoms with Crippen LogP contribution in [0.3, 0.4) is 0 Å². The van der Waals surface area contributed by atoms with Gasteiger partial charge in [0, 0.05) is 12.5 Å². The number of aryl methyl sites for hydroxylation is 1. The lowest BCUT2D eigenvalue weighted by Crippen LogP contribution is -2.28. The maximum atomic E-state index is 5.90. The normalized spacial score (nSPS) is 12.8. The van der Waals surface area contributed by atoms with E-state index >= 15 is 0 Å². The van der Waals surface area contributed by atoms with E-state index in [1.54, 1.807) is 0 Å². The number of rotatable bonds is 7. The fourth-order valence-electron chi connectivity index (χ4n) is 1.79. The molecular weight excluding hydrogens is 222 g/mol. The molecule has 102 valence electrons. The summed E-state index contributed by atoms with van der Waals surface area (Å²) in [6, 6.07) is 6.23.